The van der Waals surface area contributed by atoms with E-state index in [0.29, 0.717) is 18.0 Å². The minimum atomic E-state index is -0.353. The van der Waals surface area contributed by atoms with Gasteiger partial charge in [0.05, 0.1) is 17.9 Å². The van der Waals surface area contributed by atoms with Gasteiger partial charge in [0.2, 0.25) is 7.28 Å². The Labute approximate surface area is 120 Å². The summed E-state index contributed by atoms with van der Waals surface area (Å²) in [5, 5.41) is 0. The maximum Gasteiger partial charge on any atom is 0.339 e. The lowest BCUT2D eigenvalue weighted by atomic mass is 9.69. The fraction of sp³-hybridized carbons (Fsp3) is 0.500. The number of pyridine rings is 1. The van der Waals surface area contributed by atoms with Gasteiger partial charge in [-0.25, -0.2) is 14.8 Å². The van der Waals surface area contributed by atoms with Crippen LogP contribution in [-0.4, -0.2) is 48.1 Å². The number of rotatable bonds is 2. The molecule has 0 fully saturated rings. The summed E-state index contributed by atoms with van der Waals surface area (Å²) in [5.74, 6) is 0.290. The van der Waals surface area contributed by atoms with Crippen molar-refractivity contribution >= 4 is 30.3 Å². The Morgan fingerprint density at radius 3 is 2.75 bits per heavy atom. The zero-order chi connectivity index (χ0) is 14.9. The summed E-state index contributed by atoms with van der Waals surface area (Å²) in [6.45, 7) is 8.48. The molecule has 105 valence electrons. The molecule has 0 N–H and O–H groups in total. The number of aliphatic imine (C=N–C) groups is 1. The third-order valence-electron chi connectivity index (χ3n) is 3.26. The van der Waals surface area contributed by atoms with Crippen molar-refractivity contribution in [2.75, 3.05) is 13.7 Å². The first-order valence-corrected chi connectivity index (χ1v) is 6.67. The summed E-state index contributed by atoms with van der Waals surface area (Å²) in [6, 6.07) is 1.77. The second-order valence-corrected chi connectivity index (χ2v) is 5.70. The minimum Gasteiger partial charge on any atom is -0.462 e. The molecule has 5 nitrogen and oxygen atoms in total. The Hall–Kier alpha value is -1.85. The van der Waals surface area contributed by atoms with Gasteiger partial charge in [-0.15, -0.1) is 0 Å². The van der Waals surface area contributed by atoms with Crippen molar-refractivity contribution in [1.82, 2.24) is 9.88 Å². The number of carbonyl (C=O) groups is 1. The smallest absolute Gasteiger partial charge is 0.339 e. The van der Waals surface area contributed by atoms with E-state index in [4.69, 9.17) is 4.74 Å². The molecule has 1 radical (unpaired) electrons. The second-order valence-electron chi connectivity index (χ2n) is 5.70. The molecule has 0 saturated heterocycles. The molecule has 6 heteroatoms. The fourth-order valence-electron chi connectivity index (χ4n) is 1.80. The molecule has 0 amide bonds. The summed E-state index contributed by atoms with van der Waals surface area (Å²) in [5.41, 5.74) is 2.13. The largest absolute Gasteiger partial charge is 0.462 e. The maximum absolute atomic E-state index is 11.7. The average Bonchev–Trinajstić information content (AvgIpc) is 2.79. The number of ether oxygens (including phenoxy) is 1. The van der Waals surface area contributed by atoms with E-state index in [1.165, 1.54) is 6.20 Å². The second kappa shape index (κ2) is 5.27. The van der Waals surface area contributed by atoms with Crippen molar-refractivity contribution in [3.63, 3.8) is 0 Å². The van der Waals surface area contributed by atoms with Crippen molar-refractivity contribution in [2.45, 2.75) is 33.2 Å². The summed E-state index contributed by atoms with van der Waals surface area (Å²) in [7, 11) is 3.93. The van der Waals surface area contributed by atoms with Gasteiger partial charge in [0, 0.05) is 18.8 Å². The molecule has 0 aliphatic carbocycles. The molecule has 2 heterocycles. The molecule has 1 aliphatic heterocycles. The quantitative estimate of drug-likeness (QED) is 0.602. The van der Waals surface area contributed by atoms with Gasteiger partial charge < -0.3 is 9.64 Å². The monoisotopic (exact) mass is 272 g/mol. The summed E-state index contributed by atoms with van der Waals surface area (Å²) >= 11 is 0. The van der Waals surface area contributed by atoms with Gasteiger partial charge in [-0.2, -0.15) is 0 Å². The highest BCUT2D eigenvalue weighted by Crippen LogP contribution is 2.18. The Bertz CT molecular complexity index is 564. The van der Waals surface area contributed by atoms with E-state index in [1.807, 2.05) is 14.3 Å². The van der Waals surface area contributed by atoms with E-state index in [-0.39, 0.29) is 11.5 Å². The SMILES string of the molecule is CCOC(=O)c1cnc2c(c1)[B]C(N(C)C(C)(C)C)=N2. The highest BCUT2D eigenvalue weighted by molar-refractivity contribution is 6.87. The maximum atomic E-state index is 11.7. The van der Waals surface area contributed by atoms with Crippen LogP contribution in [0.15, 0.2) is 17.3 Å². The zero-order valence-corrected chi connectivity index (χ0v) is 12.6. The third kappa shape index (κ3) is 2.84. The molecule has 1 aromatic rings. The van der Waals surface area contributed by atoms with Gasteiger partial charge in [-0.1, -0.05) is 0 Å². The number of hydrogen-bond acceptors (Lipinski definition) is 5. The van der Waals surface area contributed by atoms with Crippen molar-refractivity contribution < 1.29 is 9.53 Å². The molecule has 1 aliphatic rings. The van der Waals surface area contributed by atoms with Crippen LogP contribution in [0.3, 0.4) is 0 Å². The van der Waals surface area contributed by atoms with Crippen LogP contribution in [0.1, 0.15) is 38.1 Å². The van der Waals surface area contributed by atoms with E-state index in [1.54, 1.807) is 13.0 Å². The lowest BCUT2D eigenvalue weighted by Gasteiger charge is -2.33. The third-order valence-corrected chi connectivity index (χ3v) is 3.26. The molecular formula is C14H19BN3O2. The fourth-order valence-corrected chi connectivity index (χ4v) is 1.80. The van der Waals surface area contributed by atoms with Crippen LogP contribution in [0.4, 0.5) is 5.82 Å². The van der Waals surface area contributed by atoms with Crippen molar-refractivity contribution in [1.29, 1.82) is 0 Å². The zero-order valence-electron chi connectivity index (χ0n) is 12.6. The highest BCUT2D eigenvalue weighted by atomic mass is 16.5. The van der Waals surface area contributed by atoms with Gasteiger partial charge >= 0.3 is 5.97 Å². The van der Waals surface area contributed by atoms with Crippen LogP contribution in [0.5, 0.6) is 0 Å². The molecule has 20 heavy (non-hydrogen) atoms. The van der Waals surface area contributed by atoms with Gasteiger partial charge in [-0.3, -0.25) is 0 Å². The Morgan fingerprint density at radius 1 is 1.45 bits per heavy atom. The van der Waals surface area contributed by atoms with Crippen LogP contribution in [0.2, 0.25) is 0 Å². The number of nitrogens with zero attached hydrogens (tertiary/aromatic N) is 3. The molecule has 0 saturated carbocycles. The molecule has 0 bridgehead atoms. The van der Waals surface area contributed by atoms with E-state index >= 15 is 0 Å². The Morgan fingerprint density at radius 2 is 2.15 bits per heavy atom. The van der Waals surface area contributed by atoms with Gasteiger partial charge in [0.15, 0.2) is 0 Å². The highest BCUT2D eigenvalue weighted by Gasteiger charge is 2.27. The lowest BCUT2D eigenvalue weighted by molar-refractivity contribution is 0.0526. The standard InChI is InChI=1S/C14H19BN3O2/c1-6-20-12(19)9-7-10-11(16-8-9)17-13(15-10)18(5)14(2,3)4/h7-8H,6H2,1-5H3. The number of amidine groups is 1. The summed E-state index contributed by atoms with van der Waals surface area (Å²) in [6.07, 6.45) is 1.51. The normalized spacial score (nSPS) is 13.3. The first kappa shape index (κ1) is 14.6. The van der Waals surface area contributed by atoms with Gasteiger partial charge in [0.25, 0.3) is 0 Å². The number of carbonyl (C=O) groups excluding carboxylic acids is 1. The summed E-state index contributed by atoms with van der Waals surface area (Å²) < 4.78 is 4.98. The van der Waals surface area contributed by atoms with E-state index in [2.05, 4.69) is 35.6 Å². The van der Waals surface area contributed by atoms with Crippen LogP contribution < -0.4 is 5.46 Å². The van der Waals surface area contributed by atoms with Gasteiger partial charge in [-0.05, 0) is 39.2 Å². The molecule has 2 rings (SSSR count). The summed E-state index contributed by atoms with van der Waals surface area (Å²) in [4.78, 5) is 22.5. The van der Waals surface area contributed by atoms with E-state index in [9.17, 15) is 4.79 Å². The Kier molecular flexibility index (Phi) is 3.83. The molecule has 1 aromatic heterocycles. The predicted molar refractivity (Wildman–Crippen MR) is 80.2 cm³/mol. The van der Waals surface area contributed by atoms with Crippen molar-refractivity contribution in [3.8, 4) is 0 Å². The number of esters is 1. The topological polar surface area (TPSA) is 54.8 Å². The number of fused-ring (bicyclic) bond motifs is 1. The van der Waals surface area contributed by atoms with Crippen LogP contribution >= 0.6 is 0 Å². The molecule has 0 atom stereocenters. The minimum absolute atomic E-state index is 0.0264. The van der Waals surface area contributed by atoms with E-state index in [0.717, 1.165) is 11.2 Å². The number of aromatic nitrogens is 1. The van der Waals surface area contributed by atoms with Crippen LogP contribution in [0, 0.1) is 0 Å². The lowest BCUT2D eigenvalue weighted by Crippen LogP contribution is -2.45. The van der Waals surface area contributed by atoms with Gasteiger partial charge in [0.1, 0.15) is 5.82 Å². The molecule has 0 aromatic carbocycles. The number of hydrogen-bond donors (Lipinski definition) is 0. The molecular weight excluding hydrogens is 253 g/mol. The van der Waals surface area contributed by atoms with Crippen molar-refractivity contribution in [3.05, 3.63) is 17.8 Å². The Balaban J connectivity index is 2.20. The van der Waals surface area contributed by atoms with E-state index < -0.39 is 0 Å². The van der Waals surface area contributed by atoms with Crippen molar-refractivity contribution in [2.24, 2.45) is 4.99 Å². The van der Waals surface area contributed by atoms with Crippen LogP contribution in [0.25, 0.3) is 0 Å². The molecule has 0 spiro atoms. The average molecular weight is 272 g/mol. The predicted octanol–water partition coefficient (Wildman–Crippen LogP) is 1.32. The molecule has 0 unspecified atom stereocenters. The first-order valence-electron chi connectivity index (χ1n) is 6.67. The first-order chi connectivity index (χ1) is 9.32. The van der Waals surface area contributed by atoms with Crippen LogP contribution in [-0.2, 0) is 4.74 Å².